The van der Waals surface area contributed by atoms with Gasteiger partial charge in [-0.1, -0.05) is 12.1 Å². The van der Waals surface area contributed by atoms with E-state index in [0.717, 1.165) is 23.7 Å². The van der Waals surface area contributed by atoms with Crippen LogP contribution in [-0.4, -0.2) is 18.2 Å². The summed E-state index contributed by atoms with van der Waals surface area (Å²) < 4.78 is 0. The van der Waals surface area contributed by atoms with E-state index < -0.39 is 0 Å². The van der Waals surface area contributed by atoms with Crippen molar-refractivity contribution in [3.05, 3.63) is 29.8 Å². The first-order chi connectivity index (χ1) is 7.18. The topological polar surface area (TPSA) is 55.1 Å². The Hall–Kier alpha value is -1.16. The molecule has 3 nitrogen and oxygen atoms in total. The van der Waals surface area contributed by atoms with Gasteiger partial charge in [0.05, 0.1) is 0 Å². The second kappa shape index (κ2) is 6.35. The maximum absolute atomic E-state index is 10.6. The lowest BCUT2D eigenvalue weighted by Gasteiger charge is -2.03. The van der Waals surface area contributed by atoms with Crippen LogP contribution >= 0.6 is 11.8 Å². The number of thioether (sulfide) groups is 1. The number of hydrogen-bond donors (Lipinski definition) is 2. The van der Waals surface area contributed by atoms with Gasteiger partial charge in [-0.2, -0.15) is 11.8 Å². The smallest absolute Gasteiger partial charge is 0.216 e. The van der Waals surface area contributed by atoms with Gasteiger partial charge in [0.1, 0.15) is 0 Å². The van der Waals surface area contributed by atoms with Gasteiger partial charge in [-0.3, -0.25) is 4.79 Å². The Balaban J connectivity index is 2.15. The molecule has 0 saturated heterocycles. The van der Waals surface area contributed by atoms with Gasteiger partial charge in [-0.25, -0.2) is 0 Å². The third-order valence-electron chi connectivity index (χ3n) is 1.87. The molecule has 0 saturated carbocycles. The first kappa shape index (κ1) is 11.9. The minimum Gasteiger partial charge on any atom is -0.399 e. The Kier molecular flexibility index (Phi) is 5.04. The number of benzene rings is 1. The molecular formula is C11H16N2OS. The van der Waals surface area contributed by atoms with Crippen molar-refractivity contribution in [2.45, 2.75) is 12.7 Å². The first-order valence-corrected chi connectivity index (χ1v) is 6.00. The fraction of sp³-hybridized carbons (Fsp3) is 0.364. The number of nitrogen functional groups attached to an aromatic ring is 1. The van der Waals surface area contributed by atoms with Crippen LogP contribution in [0, 0.1) is 0 Å². The number of carbonyl (C=O) groups excluding carboxylic acids is 1. The summed E-state index contributed by atoms with van der Waals surface area (Å²) in [6.07, 6.45) is 0. The zero-order valence-electron chi connectivity index (χ0n) is 8.82. The molecule has 0 spiro atoms. The monoisotopic (exact) mass is 224 g/mol. The van der Waals surface area contributed by atoms with E-state index in [-0.39, 0.29) is 5.91 Å². The molecule has 1 rings (SSSR count). The molecule has 1 aromatic carbocycles. The van der Waals surface area contributed by atoms with E-state index in [1.165, 1.54) is 12.5 Å². The second-order valence-electron chi connectivity index (χ2n) is 3.28. The number of anilines is 1. The molecule has 1 amide bonds. The Labute approximate surface area is 94.4 Å². The van der Waals surface area contributed by atoms with E-state index >= 15 is 0 Å². The second-order valence-corrected chi connectivity index (χ2v) is 4.38. The minimum absolute atomic E-state index is 0.0306. The SMILES string of the molecule is CC(=O)NCCSCc1ccc(N)cc1. The zero-order chi connectivity index (χ0) is 11.1. The van der Waals surface area contributed by atoms with Gasteiger partial charge in [0.2, 0.25) is 5.91 Å². The van der Waals surface area contributed by atoms with E-state index in [4.69, 9.17) is 5.73 Å². The summed E-state index contributed by atoms with van der Waals surface area (Å²) in [6, 6.07) is 7.87. The summed E-state index contributed by atoms with van der Waals surface area (Å²) >= 11 is 1.80. The summed E-state index contributed by atoms with van der Waals surface area (Å²) in [5.74, 6) is 1.92. The number of nitrogens with one attached hydrogen (secondary N) is 1. The highest BCUT2D eigenvalue weighted by Gasteiger charge is 1.94. The predicted molar refractivity (Wildman–Crippen MR) is 65.7 cm³/mol. The van der Waals surface area contributed by atoms with Crippen LogP contribution in [0.15, 0.2) is 24.3 Å². The van der Waals surface area contributed by atoms with E-state index in [1.807, 2.05) is 24.3 Å². The van der Waals surface area contributed by atoms with Crippen LogP contribution in [0.5, 0.6) is 0 Å². The molecule has 0 unspecified atom stereocenters. The number of amides is 1. The molecule has 0 heterocycles. The molecule has 0 fully saturated rings. The molecule has 0 bridgehead atoms. The molecule has 0 aliphatic rings. The molecule has 0 aliphatic carbocycles. The van der Waals surface area contributed by atoms with Crippen molar-refractivity contribution in [3.8, 4) is 0 Å². The standard InChI is InChI=1S/C11H16N2OS/c1-9(14)13-6-7-15-8-10-2-4-11(12)5-3-10/h2-5H,6-8,12H2,1H3,(H,13,14). The molecule has 82 valence electrons. The molecule has 3 N–H and O–H groups in total. The van der Waals surface area contributed by atoms with Crippen molar-refractivity contribution in [1.82, 2.24) is 5.32 Å². The molecule has 0 aliphatic heterocycles. The van der Waals surface area contributed by atoms with Gasteiger partial charge in [0.25, 0.3) is 0 Å². The van der Waals surface area contributed by atoms with Crippen molar-refractivity contribution in [3.63, 3.8) is 0 Å². The highest BCUT2D eigenvalue weighted by atomic mass is 32.2. The van der Waals surface area contributed by atoms with Crippen LogP contribution in [0.25, 0.3) is 0 Å². The molecule has 15 heavy (non-hydrogen) atoms. The first-order valence-electron chi connectivity index (χ1n) is 4.85. The Morgan fingerprint density at radius 3 is 2.67 bits per heavy atom. The number of rotatable bonds is 5. The lowest BCUT2D eigenvalue weighted by atomic mass is 10.2. The maximum Gasteiger partial charge on any atom is 0.216 e. The van der Waals surface area contributed by atoms with Gasteiger partial charge in [0.15, 0.2) is 0 Å². The summed E-state index contributed by atoms with van der Waals surface area (Å²) in [7, 11) is 0. The average molecular weight is 224 g/mol. The lowest BCUT2D eigenvalue weighted by molar-refractivity contribution is -0.118. The van der Waals surface area contributed by atoms with E-state index in [1.54, 1.807) is 11.8 Å². The maximum atomic E-state index is 10.6. The fourth-order valence-electron chi connectivity index (χ4n) is 1.10. The largest absolute Gasteiger partial charge is 0.399 e. The average Bonchev–Trinajstić information content (AvgIpc) is 2.20. The van der Waals surface area contributed by atoms with Crippen LogP contribution < -0.4 is 11.1 Å². The minimum atomic E-state index is 0.0306. The molecule has 0 aromatic heterocycles. The number of carbonyl (C=O) groups is 1. The molecular weight excluding hydrogens is 208 g/mol. The van der Waals surface area contributed by atoms with Crippen LogP contribution in [0.1, 0.15) is 12.5 Å². The third kappa shape index (κ3) is 5.32. The van der Waals surface area contributed by atoms with E-state index in [9.17, 15) is 4.79 Å². The van der Waals surface area contributed by atoms with Crippen LogP contribution in [0.3, 0.4) is 0 Å². The molecule has 0 radical (unpaired) electrons. The van der Waals surface area contributed by atoms with E-state index in [2.05, 4.69) is 5.32 Å². The van der Waals surface area contributed by atoms with Gasteiger partial charge in [-0.05, 0) is 17.7 Å². The highest BCUT2D eigenvalue weighted by Crippen LogP contribution is 2.13. The van der Waals surface area contributed by atoms with E-state index in [0.29, 0.717) is 0 Å². The molecule has 4 heteroatoms. The normalized spacial score (nSPS) is 9.93. The number of hydrogen-bond acceptors (Lipinski definition) is 3. The van der Waals surface area contributed by atoms with Crippen LogP contribution in [0.2, 0.25) is 0 Å². The van der Waals surface area contributed by atoms with Crippen LogP contribution in [-0.2, 0) is 10.5 Å². The fourth-order valence-corrected chi connectivity index (χ4v) is 1.92. The predicted octanol–water partition coefficient (Wildman–Crippen LogP) is 1.64. The lowest BCUT2D eigenvalue weighted by Crippen LogP contribution is -2.22. The molecule has 1 aromatic rings. The summed E-state index contributed by atoms with van der Waals surface area (Å²) in [5, 5.41) is 2.76. The van der Waals surface area contributed by atoms with Crippen molar-refractivity contribution in [1.29, 1.82) is 0 Å². The Morgan fingerprint density at radius 2 is 2.07 bits per heavy atom. The summed E-state index contributed by atoms with van der Waals surface area (Å²) in [6.45, 7) is 2.26. The van der Waals surface area contributed by atoms with Crippen molar-refractivity contribution in [2.75, 3.05) is 18.0 Å². The third-order valence-corrected chi connectivity index (χ3v) is 2.90. The summed E-state index contributed by atoms with van der Waals surface area (Å²) in [5.41, 5.74) is 7.64. The zero-order valence-corrected chi connectivity index (χ0v) is 9.64. The van der Waals surface area contributed by atoms with Gasteiger partial charge >= 0.3 is 0 Å². The number of nitrogens with two attached hydrogens (primary N) is 1. The quantitative estimate of drug-likeness (QED) is 0.590. The highest BCUT2D eigenvalue weighted by molar-refractivity contribution is 7.98. The van der Waals surface area contributed by atoms with Crippen molar-refractivity contribution >= 4 is 23.4 Å². The van der Waals surface area contributed by atoms with Gasteiger partial charge < -0.3 is 11.1 Å². The van der Waals surface area contributed by atoms with Gasteiger partial charge in [-0.15, -0.1) is 0 Å². The Bertz CT molecular complexity index is 311. The molecule has 0 atom stereocenters. The van der Waals surface area contributed by atoms with Gasteiger partial charge in [0, 0.05) is 30.7 Å². The van der Waals surface area contributed by atoms with Crippen molar-refractivity contribution < 1.29 is 4.79 Å². The van der Waals surface area contributed by atoms with Crippen LogP contribution in [0.4, 0.5) is 5.69 Å². The van der Waals surface area contributed by atoms with Crippen molar-refractivity contribution in [2.24, 2.45) is 0 Å². The summed E-state index contributed by atoms with van der Waals surface area (Å²) in [4.78, 5) is 10.6. The Morgan fingerprint density at radius 1 is 1.40 bits per heavy atom.